The predicted octanol–water partition coefficient (Wildman–Crippen LogP) is 1.39. The van der Waals surface area contributed by atoms with Gasteiger partial charge in [0.15, 0.2) is 0 Å². The molecule has 2 N–H and O–H groups in total. The smallest absolute Gasteiger partial charge is 0.322 e. The summed E-state index contributed by atoms with van der Waals surface area (Å²) in [5, 5.41) is 0.576. The lowest BCUT2D eigenvalue weighted by Gasteiger charge is -2.12. The highest BCUT2D eigenvalue weighted by Gasteiger charge is 2.16. The second-order valence-corrected chi connectivity index (χ2v) is 3.73. The van der Waals surface area contributed by atoms with Gasteiger partial charge in [0.05, 0.1) is 14.2 Å². The van der Waals surface area contributed by atoms with Gasteiger partial charge in [-0.05, 0) is 17.7 Å². The summed E-state index contributed by atoms with van der Waals surface area (Å²) >= 11 is 5.82. The van der Waals surface area contributed by atoms with Gasteiger partial charge in [0.25, 0.3) is 0 Å². The SMILES string of the molecule is COC(=O)[C@H](N)Cc1ccc(Cl)cc1OC. The molecule has 0 saturated heterocycles. The zero-order chi connectivity index (χ0) is 12.1. The number of carbonyl (C=O) groups excluding carboxylic acids is 1. The first-order valence-corrected chi connectivity index (χ1v) is 5.12. The van der Waals surface area contributed by atoms with Crippen LogP contribution in [-0.2, 0) is 16.0 Å². The minimum atomic E-state index is -0.694. The van der Waals surface area contributed by atoms with E-state index in [0.29, 0.717) is 17.2 Å². The lowest BCUT2D eigenvalue weighted by molar-refractivity contribution is -0.142. The molecule has 1 atom stereocenters. The quantitative estimate of drug-likeness (QED) is 0.812. The molecule has 0 aromatic heterocycles. The third-order valence-electron chi connectivity index (χ3n) is 2.19. The molecule has 0 heterocycles. The van der Waals surface area contributed by atoms with Crippen LogP contribution in [0.25, 0.3) is 0 Å². The highest BCUT2D eigenvalue weighted by molar-refractivity contribution is 6.30. The Morgan fingerprint density at radius 1 is 1.50 bits per heavy atom. The highest BCUT2D eigenvalue weighted by atomic mass is 35.5. The van der Waals surface area contributed by atoms with Gasteiger partial charge >= 0.3 is 5.97 Å². The first kappa shape index (κ1) is 12.8. The number of benzene rings is 1. The maximum Gasteiger partial charge on any atom is 0.322 e. The van der Waals surface area contributed by atoms with E-state index in [9.17, 15) is 4.79 Å². The Morgan fingerprint density at radius 2 is 2.19 bits per heavy atom. The minimum Gasteiger partial charge on any atom is -0.496 e. The van der Waals surface area contributed by atoms with E-state index >= 15 is 0 Å². The molecular formula is C11H14ClNO3. The van der Waals surface area contributed by atoms with E-state index in [-0.39, 0.29) is 0 Å². The van der Waals surface area contributed by atoms with Gasteiger partial charge in [-0.15, -0.1) is 0 Å². The fourth-order valence-electron chi connectivity index (χ4n) is 1.36. The van der Waals surface area contributed by atoms with Crippen LogP contribution >= 0.6 is 11.6 Å². The number of hydrogen-bond acceptors (Lipinski definition) is 4. The summed E-state index contributed by atoms with van der Waals surface area (Å²) in [7, 11) is 2.85. The fourth-order valence-corrected chi connectivity index (χ4v) is 1.52. The molecule has 4 nitrogen and oxygen atoms in total. The standard InChI is InChI=1S/C11H14ClNO3/c1-15-10-6-8(12)4-3-7(10)5-9(13)11(14)16-2/h3-4,6,9H,5,13H2,1-2H3/t9-/m1/s1. The number of nitrogens with two attached hydrogens (primary N) is 1. The largest absolute Gasteiger partial charge is 0.496 e. The number of rotatable bonds is 4. The monoisotopic (exact) mass is 243 g/mol. The molecule has 88 valence electrons. The van der Waals surface area contributed by atoms with Crippen LogP contribution < -0.4 is 10.5 Å². The summed E-state index contributed by atoms with van der Waals surface area (Å²) in [5.74, 6) is 0.170. The van der Waals surface area contributed by atoms with Crippen molar-refractivity contribution < 1.29 is 14.3 Å². The molecule has 5 heteroatoms. The van der Waals surface area contributed by atoms with Gasteiger partial charge in [-0.2, -0.15) is 0 Å². The van der Waals surface area contributed by atoms with Crippen molar-refractivity contribution in [3.05, 3.63) is 28.8 Å². The Kier molecular flexibility index (Phi) is 4.58. The van der Waals surface area contributed by atoms with Gasteiger partial charge in [-0.25, -0.2) is 0 Å². The third kappa shape index (κ3) is 3.12. The summed E-state index contributed by atoms with van der Waals surface area (Å²) in [6, 6.07) is 4.49. The lowest BCUT2D eigenvalue weighted by Crippen LogP contribution is -2.33. The number of methoxy groups -OCH3 is 2. The van der Waals surface area contributed by atoms with Crippen LogP contribution in [0.3, 0.4) is 0 Å². The van der Waals surface area contributed by atoms with E-state index in [0.717, 1.165) is 5.56 Å². The molecule has 16 heavy (non-hydrogen) atoms. The molecule has 0 aliphatic carbocycles. The van der Waals surface area contributed by atoms with Crippen molar-refractivity contribution in [3.63, 3.8) is 0 Å². The van der Waals surface area contributed by atoms with Crippen molar-refractivity contribution in [2.75, 3.05) is 14.2 Å². The van der Waals surface area contributed by atoms with Crippen LogP contribution in [0.15, 0.2) is 18.2 Å². The molecule has 1 rings (SSSR count). The maximum absolute atomic E-state index is 11.2. The Bertz CT molecular complexity index is 381. The Morgan fingerprint density at radius 3 is 2.75 bits per heavy atom. The topological polar surface area (TPSA) is 61.5 Å². The summed E-state index contributed by atoms with van der Waals surface area (Å²) in [6.45, 7) is 0. The number of esters is 1. The van der Waals surface area contributed by atoms with Crippen LogP contribution in [0, 0.1) is 0 Å². The van der Waals surface area contributed by atoms with Gasteiger partial charge in [0.1, 0.15) is 11.8 Å². The van der Waals surface area contributed by atoms with Crippen molar-refractivity contribution in [1.29, 1.82) is 0 Å². The zero-order valence-electron chi connectivity index (χ0n) is 9.20. The van der Waals surface area contributed by atoms with E-state index in [1.807, 2.05) is 0 Å². The molecule has 1 aromatic carbocycles. The molecule has 0 aliphatic heterocycles. The maximum atomic E-state index is 11.2. The van der Waals surface area contributed by atoms with E-state index in [1.165, 1.54) is 7.11 Å². The number of hydrogen-bond donors (Lipinski definition) is 1. The molecule has 0 spiro atoms. The van der Waals surface area contributed by atoms with Crippen molar-refractivity contribution >= 4 is 17.6 Å². The average Bonchev–Trinajstić information content (AvgIpc) is 2.30. The summed E-state index contributed by atoms with van der Waals surface area (Å²) in [6.07, 6.45) is 0.354. The molecule has 0 fully saturated rings. The normalized spacial score (nSPS) is 12.0. The van der Waals surface area contributed by atoms with Gasteiger partial charge in [-0.3, -0.25) is 4.79 Å². The first-order valence-electron chi connectivity index (χ1n) is 4.74. The van der Waals surface area contributed by atoms with Gasteiger partial charge in [0.2, 0.25) is 0 Å². The summed E-state index contributed by atoms with van der Waals surface area (Å²) in [5.41, 5.74) is 6.48. The Hall–Kier alpha value is -1.26. The molecule has 0 bridgehead atoms. The second kappa shape index (κ2) is 5.72. The van der Waals surface area contributed by atoms with Crippen molar-refractivity contribution in [2.24, 2.45) is 5.73 Å². The highest BCUT2D eigenvalue weighted by Crippen LogP contribution is 2.24. The Labute approximate surface area is 99.3 Å². The van der Waals surface area contributed by atoms with Crippen LogP contribution in [0.1, 0.15) is 5.56 Å². The average molecular weight is 244 g/mol. The van der Waals surface area contributed by atoms with Crippen molar-refractivity contribution in [2.45, 2.75) is 12.5 Å². The molecular weight excluding hydrogens is 230 g/mol. The van der Waals surface area contributed by atoms with Crippen LogP contribution in [0.2, 0.25) is 5.02 Å². The molecule has 0 amide bonds. The fraction of sp³-hybridized carbons (Fsp3) is 0.364. The zero-order valence-corrected chi connectivity index (χ0v) is 9.95. The van der Waals surface area contributed by atoms with Gasteiger partial charge < -0.3 is 15.2 Å². The van der Waals surface area contributed by atoms with E-state index in [4.69, 9.17) is 22.1 Å². The summed E-state index contributed by atoms with van der Waals surface area (Å²) < 4.78 is 9.70. The predicted molar refractivity (Wildman–Crippen MR) is 61.7 cm³/mol. The van der Waals surface area contributed by atoms with Gasteiger partial charge in [-0.1, -0.05) is 17.7 Å². The van der Waals surface area contributed by atoms with Crippen LogP contribution in [0.4, 0.5) is 0 Å². The third-order valence-corrected chi connectivity index (χ3v) is 2.43. The molecule has 0 radical (unpaired) electrons. The molecule has 0 unspecified atom stereocenters. The van der Waals surface area contributed by atoms with E-state index < -0.39 is 12.0 Å². The van der Waals surface area contributed by atoms with Crippen LogP contribution in [-0.4, -0.2) is 26.2 Å². The molecule has 0 aliphatic rings. The molecule has 0 saturated carbocycles. The van der Waals surface area contributed by atoms with E-state index in [1.54, 1.807) is 25.3 Å². The number of carbonyl (C=O) groups is 1. The first-order chi connectivity index (χ1) is 7.58. The lowest BCUT2D eigenvalue weighted by atomic mass is 10.1. The minimum absolute atomic E-state index is 0.354. The van der Waals surface area contributed by atoms with Crippen molar-refractivity contribution in [3.8, 4) is 5.75 Å². The van der Waals surface area contributed by atoms with Crippen LogP contribution in [0.5, 0.6) is 5.75 Å². The Balaban J connectivity index is 2.84. The second-order valence-electron chi connectivity index (χ2n) is 3.29. The van der Waals surface area contributed by atoms with Gasteiger partial charge in [0, 0.05) is 11.4 Å². The summed E-state index contributed by atoms with van der Waals surface area (Å²) in [4.78, 5) is 11.2. The van der Waals surface area contributed by atoms with E-state index in [2.05, 4.69) is 4.74 Å². The molecule has 1 aromatic rings. The number of ether oxygens (including phenoxy) is 2. The number of halogens is 1. The van der Waals surface area contributed by atoms with Crippen molar-refractivity contribution in [1.82, 2.24) is 0 Å².